The normalized spacial score (nSPS) is 18.4. The fourth-order valence-corrected chi connectivity index (χ4v) is 2.56. The van der Waals surface area contributed by atoms with E-state index in [1.807, 2.05) is 0 Å². The molecule has 2 N–H and O–H groups in total. The van der Waals surface area contributed by atoms with Crippen molar-refractivity contribution in [3.63, 3.8) is 0 Å². The van der Waals surface area contributed by atoms with E-state index in [0.29, 0.717) is 0 Å². The number of hydrogen-bond acceptors (Lipinski definition) is 8. The highest BCUT2D eigenvalue weighted by Crippen LogP contribution is 2.41. The smallest absolute Gasteiger partial charge is 0.372 e. The second-order valence-corrected chi connectivity index (χ2v) is 7.51. The molecule has 1 atom stereocenters. The zero-order chi connectivity index (χ0) is 18.2. The third-order valence-electron chi connectivity index (χ3n) is 3.79. The second kappa shape index (κ2) is 9.83. The van der Waals surface area contributed by atoms with E-state index in [2.05, 4.69) is 14.1 Å². The van der Waals surface area contributed by atoms with Crippen LogP contribution in [0.2, 0.25) is 0 Å². The zero-order valence-corrected chi connectivity index (χ0v) is 14.5. The van der Waals surface area contributed by atoms with Crippen LogP contribution in [-0.4, -0.2) is 46.5 Å². The first kappa shape index (κ1) is 21.5. The van der Waals surface area contributed by atoms with Crippen LogP contribution in [0.25, 0.3) is 0 Å². The number of aliphatic hydroxyl groups is 1. The molecule has 10 heteroatoms. The number of carbonyl (C=O) groups is 1. The van der Waals surface area contributed by atoms with Gasteiger partial charge >= 0.3 is 12.1 Å². The minimum Gasteiger partial charge on any atom is -0.463 e. The van der Waals surface area contributed by atoms with Crippen LogP contribution < -0.4 is 0 Å². The van der Waals surface area contributed by atoms with Gasteiger partial charge in [0.05, 0.1) is 24.6 Å². The molecule has 0 aliphatic heterocycles. The summed E-state index contributed by atoms with van der Waals surface area (Å²) in [5, 5.41) is 21.0. The predicted octanol–water partition coefficient (Wildman–Crippen LogP) is 2.93. The van der Waals surface area contributed by atoms with Crippen molar-refractivity contribution in [3.05, 3.63) is 0 Å². The SMILES string of the molecule is CC(C)(SOOO)C(F)(F)OCC(O)COC(=O)C1CCCCC1. The van der Waals surface area contributed by atoms with Crippen LogP contribution >= 0.6 is 12.0 Å². The summed E-state index contributed by atoms with van der Waals surface area (Å²) in [5.74, 6) is -0.593. The molecule has 24 heavy (non-hydrogen) atoms. The molecule has 0 saturated heterocycles. The Kier molecular flexibility index (Phi) is 8.82. The molecule has 1 rings (SSSR count). The summed E-state index contributed by atoms with van der Waals surface area (Å²) in [6.45, 7) is 1.07. The number of aliphatic hydroxyl groups excluding tert-OH is 1. The summed E-state index contributed by atoms with van der Waals surface area (Å²) in [5.41, 5.74) is 0. The van der Waals surface area contributed by atoms with Gasteiger partial charge in [-0.1, -0.05) is 24.3 Å². The van der Waals surface area contributed by atoms with E-state index in [1.54, 1.807) is 0 Å². The average Bonchev–Trinajstić information content (AvgIpc) is 2.56. The third-order valence-corrected chi connectivity index (χ3v) is 4.57. The molecular formula is C14H24F2O7S. The highest BCUT2D eigenvalue weighted by molar-refractivity contribution is 7.96. The monoisotopic (exact) mass is 374 g/mol. The maximum absolute atomic E-state index is 13.9. The summed E-state index contributed by atoms with van der Waals surface area (Å²) < 4.78 is 39.3. The number of carbonyl (C=O) groups excluding carboxylic acids is 1. The van der Waals surface area contributed by atoms with Crippen molar-refractivity contribution in [1.82, 2.24) is 0 Å². The van der Waals surface area contributed by atoms with Gasteiger partial charge in [-0.15, -0.1) is 4.33 Å². The Labute approximate surface area is 143 Å². The molecule has 0 radical (unpaired) electrons. The van der Waals surface area contributed by atoms with Crippen molar-refractivity contribution in [3.8, 4) is 0 Å². The van der Waals surface area contributed by atoms with Crippen LogP contribution in [0.15, 0.2) is 0 Å². The highest BCUT2D eigenvalue weighted by Gasteiger charge is 2.50. The maximum Gasteiger partial charge on any atom is 0.372 e. The lowest BCUT2D eigenvalue weighted by atomic mass is 9.89. The van der Waals surface area contributed by atoms with Gasteiger partial charge in [0.2, 0.25) is 0 Å². The molecule has 1 saturated carbocycles. The van der Waals surface area contributed by atoms with E-state index < -0.39 is 36.1 Å². The standard InChI is InChI=1S/C14H24F2O7S/c1-13(2,24-23-22-19)14(15,16)21-9-11(17)8-20-12(18)10-6-4-3-5-7-10/h10-11,17,19H,3-9H2,1-2H3. The lowest BCUT2D eigenvalue weighted by Gasteiger charge is -2.31. The second-order valence-electron chi connectivity index (χ2n) is 6.18. The molecule has 142 valence electrons. The number of ether oxygens (including phenoxy) is 2. The summed E-state index contributed by atoms with van der Waals surface area (Å²) in [4.78, 5) is 11.8. The lowest BCUT2D eigenvalue weighted by Crippen LogP contribution is -2.44. The van der Waals surface area contributed by atoms with Crippen LogP contribution in [0.1, 0.15) is 46.0 Å². The molecule has 0 aromatic carbocycles. The molecule has 1 unspecified atom stereocenters. The summed E-state index contributed by atoms with van der Waals surface area (Å²) >= 11 is 0.160. The minimum absolute atomic E-state index is 0.160. The lowest BCUT2D eigenvalue weighted by molar-refractivity contribution is -0.433. The molecule has 1 aliphatic rings. The molecule has 0 heterocycles. The van der Waals surface area contributed by atoms with E-state index >= 15 is 0 Å². The summed E-state index contributed by atoms with van der Waals surface area (Å²) in [6, 6.07) is 0. The van der Waals surface area contributed by atoms with Crippen molar-refractivity contribution in [2.45, 2.75) is 62.9 Å². The average molecular weight is 374 g/mol. The molecule has 0 aromatic rings. The molecule has 1 aliphatic carbocycles. The van der Waals surface area contributed by atoms with Crippen molar-refractivity contribution >= 4 is 18.0 Å². The first-order valence-electron chi connectivity index (χ1n) is 7.72. The van der Waals surface area contributed by atoms with Crippen molar-refractivity contribution in [1.29, 1.82) is 0 Å². The van der Waals surface area contributed by atoms with Crippen molar-refractivity contribution < 1.29 is 42.8 Å². The Hall–Kier alpha value is -0.520. The predicted molar refractivity (Wildman–Crippen MR) is 80.9 cm³/mol. The van der Waals surface area contributed by atoms with Gasteiger partial charge in [0.1, 0.15) is 17.5 Å². The fourth-order valence-electron chi connectivity index (χ4n) is 2.21. The van der Waals surface area contributed by atoms with E-state index in [-0.39, 0.29) is 18.0 Å². The molecule has 0 spiro atoms. The van der Waals surface area contributed by atoms with Crippen molar-refractivity contribution in [2.75, 3.05) is 13.2 Å². The topological polar surface area (TPSA) is 94.5 Å². The van der Waals surface area contributed by atoms with Crippen LogP contribution in [-0.2, 0) is 23.6 Å². The van der Waals surface area contributed by atoms with Gasteiger partial charge in [0.15, 0.2) is 0 Å². The maximum atomic E-state index is 13.9. The van der Waals surface area contributed by atoms with E-state index in [0.717, 1.165) is 46.0 Å². The fraction of sp³-hybridized carbons (Fsp3) is 0.929. The first-order chi connectivity index (χ1) is 11.2. The Morgan fingerprint density at radius 1 is 1.25 bits per heavy atom. The molecule has 1 fully saturated rings. The summed E-state index contributed by atoms with van der Waals surface area (Å²) in [7, 11) is 0. The Morgan fingerprint density at radius 2 is 1.88 bits per heavy atom. The van der Waals surface area contributed by atoms with Gasteiger partial charge < -0.3 is 14.6 Å². The van der Waals surface area contributed by atoms with Crippen molar-refractivity contribution in [2.24, 2.45) is 5.92 Å². The van der Waals surface area contributed by atoms with Gasteiger partial charge in [0, 0.05) is 0 Å². The Morgan fingerprint density at radius 3 is 2.46 bits per heavy atom. The van der Waals surface area contributed by atoms with Crippen LogP contribution in [0.5, 0.6) is 0 Å². The van der Waals surface area contributed by atoms with Crippen LogP contribution in [0.3, 0.4) is 0 Å². The molecule has 7 nitrogen and oxygen atoms in total. The third kappa shape index (κ3) is 6.77. The van der Waals surface area contributed by atoms with Gasteiger partial charge in [-0.2, -0.15) is 8.78 Å². The number of esters is 1. The molecule has 0 amide bonds. The first-order valence-corrected chi connectivity index (χ1v) is 8.46. The largest absolute Gasteiger partial charge is 0.463 e. The minimum atomic E-state index is -3.69. The van der Waals surface area contributed by atoms with E-state index in [9.17, 15) is 18.7 Å². The Bertz CT molecular complexity index is 389. The number of alkyl halides is 2. The molecule has 0 bridgehead atoms. The van der Waals surface area contributed by atoms with Gasteiger partial charge in [0.25, 0.3) is 0 Å². The Balaban J connectivity index is 2.33. The summed E-state index contributed by atoms with van der Waals surface area (Å²) in [6.07, 6.45) is -0.546. The van der Waals surface area contributed by atoms with Gasteiger partial charge in [-0.3, -0.25) is 4.79 Å². The van der Waals surface area contributed by atoms with Gasteiger partial charge in [-0.25, -0.2) is 5.26 Å². The highest BCUT2D eigenvalue weighted by atomic mass is 32.2. The van der Waals surface area contributed by atoms with Gasteiger partial charge in [-0.05, 0) is 26.7 Å². The number of rotatable bonds is 10. The zero-order valence-electron chi connectivity index (χ0n) is 13.7. The quantitative estimate of drug-likeness (QED) is 0.261. The number of halogens is 2. The van der Waals surface area contributed by atoms with Crippen LogP contribution in [0, 0.1) is 5.92 Å². The van der Waals surface area contributed by atoms with E-state index in [1.165, 1.54) is 0 Å². The number of hydrogen-bond donors (Lipinski definition) is 2. The van der Waals surface area contributed by atoms with E-state index in [4.69, 9.17) is 9.99 Å². The molecule has 0 aromatic heterocycles. The van der Waals surface area contributed by atoms with Crippen LogP contribution in [0.4, 0.5) is 8.78 Å². The molecular weight excluding hydrogens is 350 g/mol.